The van der Waals surface area contributed by atoms with Crippen LogP contribution in [0.5, 0.6) is 0 Å². The van der Waals surface area contributed by atoms with E-state index < -0.39 is 0 Å². The summed E-state index contributed by atoms with van der Waals surface area (Å²) in [5.74, 6) is 0. The van der Waals surface area contributed by atoms with Crippen molar-refractivity contribution < 1.29 is 0 Å². The molecule has 0 saturated heterocycles. The summed E-state index contributed by atoms with van der Waals surface area (Å²) >= 11 is 5.79. The molecule has 0 radical (unpaired) electrons. The Morgan fingerprint density at radius 1 is 1.55 bits per heavy atom. The maximum Gasteiger partial charge on any atom is 0.174 e. The highest BCUT2D eigenvalue weighted by Gasteiger charge is 2.10. The van der Waals surface area contributed by atoms with Gasteiger partial charge in [0.2, 0.25) is 0 Å². The molecule has 0 aliphatic heterocycles. The molecule has 1 heterocycles. The largest absolute Gasteiger partial charge is 0.245 e. The SMILES string of the molecule is CCc1c(Cl)nnn1C(C)C. The fraction of sp³-hybridized carbons (Fsp3) is 0.714. The van der Waals surface area contributed by atoms with E-state index in [9.17, 15) is 0 Å². The molecule has 0 amide bonds. The third-order valence-corrected chi connectivity index (χ3v) is 1.86. The third kappa shape index (κ3) is 1.53. The van der Waals surface area contributed by atoms with Gasteiger partial charge in [-0.2, -0.15) is 0 Å². The average molecular weight is 174 g/mol. The number of aromatic nitrogens is 3. The molecule has 1 rings (SSSR count). The number of hydrogen-bond donors (Lipinski definition) is 0. The molecule has 0 aliphatic carbocycles. The van der Waals surface area contributed by atoms with Gasteiger partial charge in [-0.05, 0) is 20.3 Å². The van der Waals surface area contributed by atoms with Crippen LogP contribution in [0.2, 0.25) is 5.15 Å². The van der Waals surface area contributed by atoms with E-state index in [1.807, 2.05) is 11.6 Å². The zero-order valence-corrected chi connectivity index (χ0v) is 7.76. The van der Waals surface area contributed by atoms with Crippen molar-refractivity contribution in [1.29, 1.82) is 0 Å². The minimum atomic E-state index is 0.338. The molecule has 62 valence electrons. The first-order valence-corrected chi connectivity index (χ1v) is 4.14. The van der Waals surface area contributed by atoms with Gasteiger partial charge in [-0.3, -0.25) is 0 Å². The van der Waals surface area contributed by atoms with Crippen molar-refractivity contribution in [3.8, 4) is 0 Å². The molecule has 11 heavy (non-hydrogen) atoms. The lowest BCUT2D eigenvalue weighted by Crippen LogP contribution is -2.06. The summed E-state index contributed by atoms with van der Waals surface area (Å²) in [6.07, 6.45) is 0.879. The zero-order valence-electron chi connectivity index (χ0n) is 7.00. The Morgan fingerprint density at radius 3 is 2.55 bits per heavy atom. The molecule has 1 aromatic heterocycles. The molecule has 0 N–H and O–H groups in total. The number of rotatable bonds is 2. The van der Waals surface area contributed by atoms with Crippen molar-refractivity contribution in [3.63, 3.8) is 0 Å². The summed E-state index contributed by atoms with van der Waals surface area (Å²) in [5.41, 5.74) is 1.02. The van der Waals surface area contributed by atoms with Crippen LogP contribution in [0.25, 0.3) is 0 Å². The first-order chi connectivity index (χ1) is 5.16. The fourth-order valence-corrected chi connectivity index (χ4v) is 1.27. The molecule has 0 spiro atoms. The Morgan fingerprint density at radius 2 is 2.18 bits per heavy atom. The van der Waals surface area contributed by atoms with Gasteiger partial charge in [-0.1, -0.05) is 23.7 Å². The average Bonchev–Trinajstić information content (AvgIpc) is 2.30. The summed E-state index contributed by atoms with van der Waals surface area (Å²) in [5, 5.41) is 8.24. The second-order valence-corrected chi connectivity index (χ2v) is 3.08. The van der Waals surface area contributed by atoms with Crippen LogP contribution in [0, 0.1) is 0 Å². The van der Waals surface area contributed by atoms with Gasteiger partial charge in [0, 0.05) is 6.04 Å². The topological polar surface area (TPSA) is 30.7 Å². The predicted octanol–water partition coefficient (Wildman–Crippen LogP) is 2.07. The van der Waals surface area contributed by atoms with Crippen molar-refractivity contribution in [1.82, 2.24) is 15.0 Å². The standard InChI is InChI=1S/C7H12ClN3/c1-4-6-7(8)9-10-11(6)5(2)3/h5H,4H2,1-3H3. The number of hydrogen-bond acceptors (Lipinski definition) is 2. The Hall–Kier alpha value is -0.570. The Bertz CT molecular complexity index is 242. The minimum Gasteiger partial charge on any atom is -0.245 e. The summed E-state index contributed by atoms with van der Waals surface area (Å²) < 4.78 is 1.85. The van der Waals surface area contributed by atoms with Crippen LogP contribution in [0.3, 0.4) is 0 Å². The molecule has 1 aromatic rings. The molecule has 0 bridgehead atoms. The highest BCUT2D eigenvalue weighted by molar-refractivity contribution is 6.29. The van der Waals surface area contributed by atoms with E-state index in [0.29, 0.717) is 11.2 Å². The summed E-state index contributed by atoms with van der Waals surface area (Å²) in [7, 11) is 0. The lowest BCUT2D eigenvalue weighted by Gasteiger charge is -2.06. The van der Waals surface area contributed by atoms with Crippen LogP contribution in [0.1, 0.15) is 32.5 Å². The maximum atomic E-state index is 5.79. The van der Waals surface area contributed by atoms with Crippen LogP contribution in [0.15, 0.2) is 0 Å². The van der Waals surface area contributed by atoms with Crippen LogP contribution in [-0.2, 0) is 6.42 Å². The van der Waals surface area contributed by atoms with Crippen LogP contribution >= 0.6 is 11.6 Å². The predicted molar refractivity (Wildman–Crippen MR) is 44.8 cm³/mol. The Kier molecular flexibility index (Phi) is 2.49. The van der Waals surface area contributed by atoms with Gasteiger partial charge in [0.05, 0.1) is 5.69 Å². The van der Waals surface area contributed by atoms with Crippen molar-refractivity contribution in [2.24, 2.45) is 0 Å². The second-order valence-electron chi connectivity index (χ2n) is 2.72. The third-order valence-electron chi connectivity index (χ3n) is 1.57. The number of halogens is 1. The lowest BCUT2D eigenvalue weighted by molar-refractivity contribution is 0.496. The van der Waals surface area contributed by atoms with E-state index in [1.54, 1.807) is 0 Å². The first-order valence-electron chi connectivity index (χ1n) is 3.76. The van der Waals surface area contributed by atoms with Crippen LogP contribution in [0.4, 0.5) is 0 Å². The van der Waals surface area contributed by atoms with Crippen molar-refractivity contribution in [2.45, 2.75) is 33.2 Å². The molecular weight excluding hydrogens is 162 g/mol. The van der Waals surface area contributed by atoms with E-state index in [0.717, 1.165) is 12.1 Å². The highest BCUT2D eigenvalue weighted by atomic mass is 35.5. The van der Waals surface area contributed by atoms with Crippen LogP contribution in [-0.4, -0.2) is 15.0 Å². The fourth-order valence-electron chi connectivity index (χ4n) is 1.02. The van der Waals surface area contributed by atoms with Gasteiger partial charge in [0.15, 0.2) is 5.15 Å². The molecule has 0 atom stereocenters. The molecular formula is C7H12ClN3. The van der Waals surface area contributed by atoms with E-state index in [2.05, 4.69) is 24.2 Å². The summed E-state index contributed by atoms with van der Waals surface area (Å²) in [4.78, 5) is 0. The second kappa shape index (κ2) is 3.22. The molecule has 4 heteroatoms. The number of nitrogens with zero attached hydrogens (tertiary/aromatic N) is 3. The molecule has 0 aliphatic rings. The zero-order chi connectivity index (χ0) is 8.43. The summed E-state index contributed by atoms with van der Waals surface area (Å²) in [6.45, 7) is 6.16. The van der Waals surface area contributed by atoms with Gasteiger partial charge in [0.25, 0.3) is 0 Å². The molecule has 0 aromatic carbocycles. The first kappa shape index (κ1) is 8.53. The monoisotopic (exact) mass is 173 g/mol. The Balaban J connectivity index is 3.05. The van der Waals surface area contributed by atoms with Gasteiger partial charge in [-0.25, -0.2) is 4.68 Å². The highest BCUT2D eigenvalue weighted by Crippen LogP contribution is 2.15. The van der Waals surface area contributed by atoms with E-state index in [4.69, 9.17) is 11.6 Å². The lowest BCUT2D eigenvalue weighted by atomic mass is 10.3. The van der Waals surface area contributed by atoms with Crippen molar-refractivity contribution in [2.75, 3.05) is 0 Å². The summed E-state index contributed by atoms with van der Waals surface area (Å²) in [6, 6.07) is 0.338. The molecule has 0 fully saturated rings. The Labute approximate surface area is 71.4 Å². The minimum absolute atomic E-state index is 0.338. The van der Waals surface area contributed by atoms with Gasteiger partial charge >= 0.3 is 0 Å². The molecule has 3 nitrogen and oxygen atoms in total. The quantitative estimate of drug-likeness (QED) is 0.686. The molecule has 0 unspecified atom stereocenters. The van der Waals surface area contributed by atoms with Gasteiger partial charge < -0.3 is 0 Å². The normalized spacial score (nSPS) is 11.0. The maximum absolute atomic E-state index is 5.79. The van der Waals surface area contributed by atoms with Gasteiger partial charge in [0.1, 0.15) is 0 Å². The van der Waals surface area contributed by atoms with Crippen molar-refractivity contribution >= 4 is 11.6 Å². The van der Waals surface area contributed by atoms with Crippen LogP contribution < -0.4 is 0 Å². The van der Waals surface area contributed by atoms with Gasteiger partial charge in [-0.15, -0.1) is 5.10 Å². The molecule has 0 saturated carbocycles. The van der Waals surface area contributed by atoms with E-state index in [1.165, 1.54) is 0 Å². The van der Waals surface area contributed by atoms with Crippen molar-refractivity contribution in [3.05, 3.63) is 10.8 Å². The van der Waals surface area contributed by atoms with E-state index >= 15 is 0 Å². The smallest absolute Gasteiger partial charge is 0.174 e. The van der Waals surface area contributed by atoms with E-state index in [-0.39, 0.29) is 0 Å².